The fraction of sp³-hybridized carbons (Fsp3) is 0.231. The lowest BCUT2D eigenvalue weighted by Crippen LogP contribution is -2.29. The van der Waals surface area contributed by atoms with Gasteiger partial charge < -0.3 is 14.6 Å². The van der Waals surface area contributed by atoms with Gasteiger partial charge in [-0.25, -0.2) is 9.78 Å². The van der Waals surface area contributed by atoms with E-state index < -0.39 is 23.7 Å². The van der Waals surface area contributed by atoms with Crippen molar-refractivity contribution >= 4 is 63.1 Å². The Morgan fingerprint density at radius 3 is 2.38 bits per heavy atom. The van der Waals surface area contributed by atoms with Gasteiger partial charge in [-0.15, -0.1) is 0 Å². The Labute approximate surface area is 227 Å². The number of ketones is 1. The molecule has 1 fully saturated rings. The van der Waals surface area contributed by atoms with Crippen LogP contribution in [0.4, 0.5) is 5.13 Å². The number of carbonyl (C=O) groups excluding carboxylic acids is 3. The number of halogens is 2. The Morgan fingerprint density at radius 1 is 1.11 bits per heavy atom. The predicted octanol–water partition coefficient (Wildman–Crippen LogP) is 5.96. The molecular formula is C26H22Cl2N2O6S. The first-order chi connectivity index (χ1) is 17.5. The molecule has 1 atom stereocenters. The van der Waals surface area contributed by atoms with Gasteiger partial charge in [0.15, 0.2) is 5.13 Å². The van der Waals surface area contributed by atoms with Crippen LogP contribution in [0, 0.1) is 6.92 Å². The first-order valence-corrected chi connectivity index (χ1v) is 12.7. The van der Waals surface area contributed by atoms with Gasteiger partial charge in [-0.3, -0.25) is 14.5 Å². The van der Waals surface area contributed by atoms with Crippen molar-refractivity contribution in [3.8, 4) is 5.75 Å². The maximum Gasteiger partial charge on any atom is 0.350 e. The molecule has 1 aliphatic heterocycles. The number of benzene rings is 2. The molecule has 1 saturated heterocycles. The smallest absolute Gasteiger partial charge is 0.350 e. The highest BCUT2D eigenvalue weighted by Gasteiger charge is 2.48. The number of amides is 1. The van der Waals surface area contributed by atoms with E-state index in [0.29, 0.717) is 22.6 Å². The molecule has 8 nitrogen and oxygen atoms in total. The van der Waals surface area contributed by atoms with Crippen molar-refractivity contribution < 1.29 is 29.0 Å². The Kier molecular flexibility index (Phi) is 7.59. The zero-order chi connectivity index (χ0) is 27.0. The van der Waals surface area contributed by atoms with E-state index in [9.17, 15) is 19.5 Å². The molecule has 4 rings (SSSR count). The van der Waals surface area contributed by atoms with Gasteiger partial charge in [0.1, 0.15) is 16.4 Å². The number of thiazole rings is 1. The highest BCUT2D eigenvalue weighted by molar-refractivity contribution is 7.17. The van der Waals surface area contributed by atoms with Gasteiger partial charge in [0.05, 0.1) is 40.6 Å². The van der Waals surface area contributed by atoms with Crippen LogP contribution in [0.5, 0.6) is 5.75 Å². The third kappa shape index (κ3) is 5.07. The van der Waals surface area contributed by atoms with Crippen molar-refractivity contribution in [3.05, 3.63) is 79.8 Å². The Morgan fingerprint density at radius 2 is 1.78 bits per heavy atom. The maximum absolute atomic E-state index is 13.3. The van der Waals surface area contributed by atoms with Crippen molar-refractivity contribution in [3.63, 3.8) is 0 Å². The second-order valence-electron chi connectivity index (χ2n) is 8.44. The van der Waals surface area contributed by atoms with Crippen molar-refractivity contribution in [1.29, 1.82) is 0 Å². The number of carbonyl (C=O) groups is 3. The lowest BCUT2D eigenvalue weighted by atomic mass is 9.95. The van der Waals surface area contributed by atoms with Gasteiger partial charge in [-0.2, -0.15) is 0 Å². The van der Waals surface area contributed by atoms with Gasteiger partial charge in [0.2, 0.25) is 0 Å². The van der Waals surface area contributed by atoms with E-state index in [0.717, 1.165) is 16.2 Å². The van der Waals surface area contributed by atoms with E-state index in [2.05, 4.69) is 4.98 Å². The lowest BCUT2D eigenvalue weighted by molar-refractivity contribution is -0.132. The minimum Gasteiger partial charge on any atom is -0.507 e. The molecule has 1 unspecified atom stereocenters. The zero-order valence-electron chi connectivity index (χ0n) is 20.2. The Balaban J connectivity index is 1.89. The standard InChI is InChI=1S/C26H22Cl2N2O6S/c1-12(2)36-16-8-5-14(6-9-16)21(31)19-20(15-7-10-17(27)18(28)11-15)30(24(33)22(19)32)26-29-13(3)23(37-26)25(34)35-4/h5-12,20,31H,1-4H3/b21-19+. The molecule has 37 heavy (non-hydrogen) atoms. The molecule has 1 amide bonds. The second-order valence-corrected chi connectivity index (χ2v) is 10.2. The highest BCUT2D eigenvalue weighted by atomic mass is 35.5. The van der Waals surface area contributed by atoms with E-state index in [4.69, 9.17) is 32.7 Å². The summed E-state index contributed by atoms with van der Waals surface area (Å²) in [5, 5.41) is 11.8. The van der Waals surface area contributed by atoms with Crippen LogP contribution in [0.1, 0.15) is 46.4 Å². The molecule has 0 radical (unpaired) electrons. The van der Waals surface area contributed by atoms with Crippen LogP contribution in [-0.2, 0) is 14.3 Å². The number of anilines is 1. The number of methoxy groups -OCH3 is 1. The summed E-state index contributed by atoms with van der Waals surface area (Å²) >= 11 is 13.3. The van der Waals surface area contributed by atoms with Crippen LogP contribution < -0.4 is 9.64 Å². The highest BCUT2D eigenvalue weighted by Crippen LogP contribution is 2.45. The number of aryl methyl sites for hydroxylation is 1. The van der Waals surface area contributed by atoms with E-state index in [1.54, 1.807) is 37.3 Å². The van der Waals surface area contributed by atoms with E-state index in [1.165, 1.54) is 19.2 Å². The molecule has 1 aliphatic rings. The molecule has 11 heteroatoms. The van der Waals surface area contributed by atoms with Crippen molar-refractivity contribution in [1.82, 2.24) is 4.98 Å². The summed E-state index contributed by atoms with van der Waals surface area (Å²) in [5.41, 5.74) is 0.905. The van der Waals surface area contributed by atoms with Gasteiger partial charge in [-0.1, -0.05) is 40.6 Å². The monoisotopic (exact) mass is 560 g/mol. The predicted molar refractivity (Wildman–Crippen MR) is 142 cm³/mol. The van der Waals surface area contributed by atoms with Gasteiger partial charge in [-0.05, 0) is 62.7 Å². The topological polar surface area (TPSA) is 106 Å². The van der Waals surface area contributed by atoms with Crippen molar-refractivity contribution in [2.45, 2.75) is 32.9 Å². The Hall–Kier alpha value is -3.40. The van der Waals surface area contributed by atoms with Crippen molar-refractivity contribution in [2.75, 3.05) is 12.0 Å². The number of hydrogen-bond donors (Lipinski definition) is 1. The summed E-state index contributed by atoms with van der Waals surface area (Å²) in [5.74, 6) is -2.24. The van der Waals surface area contributed by atoms with E-state index >= 15 is 0 Å². The van der Waals surface area contributed by atoms with Crippen LogP contribution in [0.3, 0.4) is 0 Å². The molecule has 192 valence electrons. The minimum absolute atomic E-state index is 0.0453. The summed E-state index contributed by atoms with van der Waals surface area (Å²) in [7, 11) is 1.24. The second kappa shape index (κ2) is 10.5. The first kappa shape index (κ1) is 26.7. The number of Topliss-reactive ketones (excluding diaryl/α,β-unsaturated/α-hetero) is 1. The van der Waals surface area contributed by atoms with Gasteiger partial charge in [0.25, 0.3) is 5.78 Å². The summed E-state index contributed by atoms with van der Waals surface area (Å²) in [6.07, 6.45) is -0.0453. The average Bonchev–Trinajstić information content (AvgIpc) is 3.36. The average molecular weight is 561 g/mol. The van der Waals surface area contributed by atoms with Gasteiger partial charge in [0, 0.05) is 5.56 Å². The molecule has 0 aliphatic carbocycles. The third-order valence-corrected chi connectivity index (χ3v) is 7.44. The van der Waals surface area contributed by atoms with Gasteiger partial charge >= 0.3 is 11.9 Å². The first-order valence-electron chi connectivity index (χ1n) is 11.1. The molecule has 0 spiro atoms. The summed E-state index contributed by atoms with van der Waals surface area (Å²) < 4.78 is 10.4. The number of hydrogen-bond acceptors (Lipinski definition) is 8. The summed E-state index contributed by atoms with van der Waals surface area (Å²) in [4.78, 5) is 44.5. The Bertz CT molecular complexity index is 1430. The molecule has 1 N–H and O–H groups in total. The molecule has 0 bridgehead atoms. The maximum atomic E-state index is 13.3. The van der Waals surface area contributed by atoms with Crippen molar-refractivity contribution in [2.24, 2.45) is 0 Å². The van der Waals surface area contributed by atoms with Crippen LogP contribution in [-0.4, -0.2) is 41.0 Å². The largest absolute Gasteiger partial charge is 0.507 e. The van der Waals surface area contributed by atoms with E-state index in [-0.39, 0.29) is 37.5 Å². The number of rotatable bonds is 6. The third-order valence-electron chi connectivity index (χ3n) is 5.57. The molecule has 2 heterocycles. The normalized spacial score (nSPS) is 16.9. The summed E-state index contributed by atoms with van der Waals surface area (Å²) in [6, 6.07) is 10.1. The van der Waals surface area contributed by atoms with E-state index in [1.807, 2.05) is 13.8 Å². The molecular weight excluding hydrogens is 539 g/mol. The molecule has 2 aromatic carbocycles. The number of nitrogens with zero attached hydrogens (tertiary/aromatic N) is 2. The summed E-state index contributed by atoms with van der Waals surface area (Å²) in [6.45, 7) is 5.37. The minimum atomic E-state index is -1.09. The van der Waals surface area contributed by atoms with Crippen LogP contribution in [0.2, 0.25) is 10.0 Å². The number of aromatic nitrogens is 1. The number of esters is 1. The number of aliphatic hydroxyl groups is 1. The molecule has 0 saturated carbocycles. The van der Waals surface area contributed by atoms with Crippen LogP contribution in [0.25, 0.3) is 5.76 Å². The fourth-order valence-corrected chi connectivity index (χ4v) is 5.23. The number of ether oxygens (including phenoxy) is 2. The SMILES string of the molecule is COC(=O)c1sc(N2C(=O)C(=O)/C(=C(/O)c3ccc(OC(C)C)cc3)C2c2ccc(Cl)c(Cl)c2)nc1C. The fourth-order valence-electron chi connectivity index (χ4n) is 3.91. The molecule has 1 aromatic heterocycles. The lowest BCUT2D eigenvalue weighted by Gasteiger charge is -2.23. The quantitative estimate of drug-likeness (QED) is 0.171. The van der Waals surface area contributed by atoms with Crippen LogP contribution >= 0.6 is 34.5 Å². The molecule has 3 aromatic rings. The zero-order valence-corrected chi connectivity index (χ0v) is 22.6. The number of aliphatic hydroxyl groups excluding tert-OH is 1. The van der Waals surface area contributed by atoms with Crippen LogP contribution in [0.15, 0.2) is 48.0 Å².